The Labute approximate surface area is 108 Å². The van der Waals surface area contributed by atoms with Crippen LogP contribution < -0.4 is 0 Å². The molecule has 2 unspecified atom stereocenters. The van der Waals surface area contributed by atoms with Crippen LogP contribution in [0, 0.1) is 17.8 Å². The highest BCUT2D eigenvalue weighted by atomic mass is 15.2. The highest BCUT2D eigenvalue weighted by Crippen LogP contribution is 2.20. The van der Waals surface area contributed by atoms with Crippen molar-refractivity contribution in [2.45, 2.75) is 67.7 Å². The molecule has 0 saturated heterocycles. The highest BCUT2D eigenvalue weighted by Gasteiger charge is 2.16. The molecule has 0 bridgehead atoms. The summed E-state index contributed by atoms with van der Waals surface area (Å²) in [5.41, 5.74) is 2.33. The van der Waals surface area contributed by atoms with Gasteiger partial charge < -0.3 is 0 Å². The Morgan fingerprint density at radius 1 is 0.824 bits per heavy atom. The molecule has 17 heavy (non-hydrogen) atoms. The molecule has 0 radical (unpaired) electrons. The van der Waals surface area contributed by atoms with Crippen LogP contribution >= 0.6 is 0 Å². The first-order chi connectivity index (χ1) is 7.97. The third kappa shape index (κ3) is 5.47. The van der Waals surface area contributed by atoms with Crippen molar-refractivity contribution in [1.82, 2.24) is 0 Å². The third-order valence-corrected chi connectivity index (χ3v) is 4.00. The van der Waals surface area contributed by atoms with Gasteiger partial charge in [-0.25, -0.2) is 0 Å². The smallest absolute Gasteiger partial charge is 0.0408 e. The summed E-state index contributed by atoms with van der Waals surface area (Å²) in [5, 5.41) is 8.82. The summed E-state index contributed by atoms with van der Waals surface area (Å²) in [5.74, 6) is 1.81. The molecule has 0 fully saturated rings. The fraction of sp³-hybridized carbons (Fsp3) is 0.867. The van der Waals surface area contributed by atoms with Gasteiger partial charge in [0, 0.05) is 17.3 Å². The Balaban J connectivity index is 4.71. The molecular formula is C15H30N2. The summed E-state index contributed by atoms with van der Waals surface area (Å²) in [6.45, 7) is 15.4. The molecule has 0 saturated carbocycles. The lowest BCUT2D eigenvalue weighted by molar-refractivity contribution is 0.428. The zero-order chi connectivity index (χ0) is 13.4. The van der Waals surface area contributed by atoms with E-state index in [1.165, 1.54) is 12.1 Å². The average molecular weight is 238 g/mol. The van der Waals surface area contributed by atoms with E-state index in [0.29, 0.717) is 17.8 Å². The first-order valence-corrected chi connectivity index (χ1v) is 7.06. The molecule has 3 atom stereocenters. The molecule has 100 valence electrons. The van der Waals surface area contributed by atoms with Crippen molar-refractivity contribution >= 4 is 11.4 Å². The van der Waals surface area contributed by atoms with Crippen molar-refractivity contribution in [3.8, 4) is 0 Å². The van der Waals surface area contributed by atoms with Gasteiger partial charge in [0.15, 0.2) is 0 Å². The van der Waals surface area contributed by atoms with Crippen LogP contribution in [-0.2, 0) is 0 Å². The fourth-order valence-electron chi connectivity index (χ4n) is 2.02. The maximum absolute atomic E-state index is 4.44. The lowest BCUT2D eigenvalue weighted by Gasteiger charge is -2.20. The second kappa shape index (κ2) is 8.43. The van der Waals surface area contributed by atoms with Crippen LogP contribution in [0.3, 0.4) is 0 Å². The maximum Gasteiger partial charge on any atom is 0.0408 e. The van der Waals surface area contributed by atoms with E-state index in [0.717, 1.165) is 18.6 Å². The maximum atomic E-state index is 4.44. The van der Waals surface area contributed by atoms with Crippen LogP contribution in [0.25, 0.3) is 0 Å². The standard InChI is InChI=1S/C15H30N2/c1-8-11(4)13(6)16-17-14(7)15(10-3)12(5)9-2/h11-12,15H,8-10H2,1-7H3/b16-13-,17-14+/t11?,12?,15-/m1/s1. The number of hydrogen-bond acceptors (Lipinski definition) is 2. The number of rotatable bonds is 7. The predicted molar refractivity (Wildman–Crippen MR) is 78.9 cm³/mol. The molecule has 2 heteroatoms. The van der Waals surface area contributed by atoms with Crippen molar-refractivity contribution in [2.75, 3.05) is 0 Å². The quantitative estimate of drug-likeness (QED) is 0.443. The van der Waals surface area contributed by atoms with Gasteiger partial charge in [0.2, 0.25) is 0 Å². The van der Waals surface area contributed by atoms with Crippen LogP contribution in [0.1, 0.15) is 67.7 Å². The lowest BCUT2D eigenvalue weighted by atomic mass is 9.86. The molecule has 2 nitrogen and oxygen atoms in total. The zero-order valence-corrected chi connectivity index (χ0v) is 12.7. The largest absolute Gasteiger partial charge is 0.160 e. The highest BCUT2D eigenvalue weighted by molar-refractivity contribution is 5.87. The summed E-state index contributed by atoms with van der Waals surface area (Å²) in [7, 11) is 0. The van der Waals surface area contributed by atoms with Crippen molar-refractivity contribution in [3.05, 3.63) is 0 Å². The monoisotopic (exact) mass is 238 g/mol. The van der Waals surface area contributed by atoms with E-state index < -0.39 is 0 Å². The number of nitrogens with zero attached hydrogens (tertiary/aromatic N) is 2. The topological polar surface area (TPSA) is 24.7 Å². The van der Waals surface area contributed by atoms with E-state index in [2.05, 4.69) is 58.7 Å². The van der Waals surface area contributed by atoms with Gasteiger partial charge in [0.05, 0.1) is 0 Å². The van der Waals surface area contributed by atoms with E-state index in [4.69, 9.17) is 0 Å². The predicted octanol–water partition coefficient (Wildman–Crippen LogP) is 4.94. The fourth-order valence-corrected chi connectivity index (χ4v) is 2.02. The van der Waals surface area contributed by atoms with Gasteiger partial charge >= 0.3 is 0 Å². The van der Waals surface area contributed by atoms with Crippen molar-refractivity contribution in [1.29, 1.82) is 0 Å². The molecule has 0 heterocycles. The Morgan fingerprint density at radius 3 is 1.76 bits per heavy atom. The lowest BCUT2D eigenvalue weighted by Crippen LogP contribution is -2.18. The van der Waals surface area contributed by atoms with Gasteiger partial charge in [-0.15, -0.1) is 0 Å². The van der Waals surface area contributed by atoms with E-state index >= 15 is 0 Å². The van der Waals surface area contributed by atoms with E-state index in [1.54, 1.807) is 0 Å². The molecule has 0 aromatic rings. The molecule has 0 rings (SSSR count). The van der Waals surface area contributed by atoms with Crippen LogP contribution in [0.15, 0.2) is 10.2 Å². The third-order valence-electron chi connectivity index (χ3n) is 4.00. The average Bonchev–Trinajstić information content (AvgIpc) is 2.35. The van der Waals surface area contributed by atoms with Gasteiger partial charge in [0.25, 0.3) is 0 Å². The summed E-state index contributed by atoms with van der Waals surface area (Å²) >= 11 is 0. The molecule has 0 aliphatic carbocycles. The van der Waals surface area contributed by atoms with E-state index in [9.17, 15) is 0 Å². The second-order valence-corrected chi connectivity index (χ2v) is 5.19. The van der Waals surface area contributed by atoms with Gasteiger partial charge in [-0.2, -0.15) is 10.2 Å². The first kappa shape index (κ1) is 16.3. The Kier molecular flexibility index (Phi) is 8.11. The second-order valence-electron chi connectivity index (χ2n) is 5.19. The molecule has 0 N–H and O–H groups in total. The minimum atomic E-state index is 0.537. The zero-order valence-electron chi connectivity index (χ0n) is 12.7. The Hall–Kier alpha value is -0.660. The molecular weight excluding hydrogens is 208 g/mol. The first-order valence-electron chi connectivity index (χ1n) is 7.06. The van der Waals surface area contributed by atoms with Crippen molar-refractivity contribution < 1.29 is 0 Å². The Bertz CT molecular complexity index is 266. The molecule has 0 aliphatic rings. The SMILES string of the molecule is CCC(C)/C(C)=N\N=C(/C)[C@H](CC)C(C)CC. The van der Waals surface area contributed by atoms with Gasteiger partial charge in [0.1, 0.15) is 0 Å². The van der Waals surface area contributed by atoms with Crippen LogP contribution in [0.2, 0.25) is 0 Å². The van der Waals surface area contributed by atoms with Crippen LogP contribution in [0.4, 0.5) is 0 Å². The van der Waals surface area contributed by atoms with Gasteiger partial charge in [-0.1, -0.05) is 41.0 Å². The normalized spacial score (nSPS) is 19.0. The van der Waals surface area contributed by atoms with E-state index in [-0.39, 0.29) is 0 Å². The van der Waals surface area contributed by atoms with Crippen LogP contribution in [-0.4, -0.2) is 11.4 Å². The summed E-state index contributed by atoms with van der Waals surface area (Å²) in [4.78, 5) is 0. The number of hydrogen-bond donors (Lipinski definition) is 0. The van der Waals surface area contributed by atoms with Crippen LogP contribution in [0.5, 0.6) is 0 Å². The molecule has 0 aromatic heterocycles. The Morgan fingerprint density at radius 2 is 1.35 bits per heavy atom. The summed E-state index contributed by atoms with van der Waals surface area (Å²) < 4.78 is 0. The molecule has 0 amide bonds. The van der Waals surface area contributed by atoms with Crippen molar-refractivity contribution in [3.63, 3.8) is 0 Å². The minimum Gasteiger partial charge on any atom is -0.160 e. The molecule has 0 aromatic carbocycles. The summed E-state index contributed by atoms with van der Waals surface area (Å²) in [6.07, 6.45) is 3.49. The summed E-state index contributed by atoms with van der Waals surface area (Å²) in [6, 6.07) is 0. The van der Waals surface area contributed by atoms with Gasteiger partial charge in [-0.3, -0.25) is 0 Å². The van der Waals surface area contributed by atoms with Crippen molar-refractivity contribution in [2.24, 2.45) is 28.0 Å². The van der Waals surface area contributed by atoms with E-state index in [1.807, 2.05) is 0 Å². The van der Waals surface area contributed by atoms with Gasteiger partial charge in [-0.05, 0) is 38.5 Å². The minimum absolute atomic E-state index is 0.537. The molecule has 0 spiro atoms. The molecule has 0 aliphatic heterocycles.